The second-order valence-electron chi connectivity index (χ2n) is 3.33. The average molecular weight is 228 g/mol. The van der Waals surface area contributed by atoms with Gasteiger partial charge in [0.1, 0.15) is 0 Å². The van der Waals surface area contributed by atoms with Crippen molar-refractivity contribution >= 4 is 17.7 Å². The molecule has 0 aliphatic heterocycles. The summed E-state index contributed by atoms with van der Waals surface area (Å²) < 4.78 is 4.48. The van der Waals surface area contributed by atoms with Crippen molar-refractivity contribution in [2.45, 2.75) is 12.8 Å². The van der Waals surface area contributed by atoms with Crippen LogP contribution in [0.5, 0.6) is 0 Å². The summed E-state index contributed by atoms with van der Waals surface area (Å²) in [7, 11) is 1.35. The summed E-state index contributed by atoms with van der Waals surface area (Å²) in [5.74, 6) is 0.211. The first-order valence-electron chi connectivity index (χ1n) is 4.70. The summed E-state index contributed by atoms with van der Waals surface area (Å²) in [6.07, 6.45) is -0.413. The molecule has 1 rings (SSSR count). The molecule has 15 heavy (non-hydrogen) atoms. The Bertz CT molecular complexity index is 341. The third-order valence-electron chi connectivity index (χ3n) is 2.16. The van der Waals surface area contributed by atoms with Crippen molar-refractivity contribution in [1.29, 1.82) is 0 Å². The number of ether oxygens (including phenoxy) is 1. The van der Waals surface area contributed by atoms with Gasteiger partial charge < -0.3 is 10.1 Å². The molecule has 1 aromatic carbocycles. The molecule has 0 saturated carbocycles. The molecule has 1 N–H and O–H groups in total. The Balaban J connectivity index is 2.53. The van der Waals surface area contributed by atoms with Gasteiger partial charge in [-0.2, -0.15) is 0 Å². The Labute approximate surface area is 94.4 Å². The molecular weight excluding hydrogens is 214 g/mol. The van der Waals surface area contributed by atoms with Crippen LogP contribution in [-0.4, -0.2) is 19.7 Å². The van der Waals surface area contributed by atoms with E-state index in [1.807, 2.05) is 31.2 Å². The third kappa shape index (κ3) is 3.80. The van der Waals surface area contributed by atoms with Crippen LogP contribution in [0, 0.1) is 0 Å². The van der Waals surface area contributed by atoms with E-state index in [0.29, 0.717) is 11.6 Å². The number of rotatable bonds is 3. The second-order valence-corrected chi connectivity index (χ2v) is 3.76. The smallest absolute Gasteiger partial charge is 0.406 e. The van der Waals surface area contributed by atoms with Gasteiger partial charge in [0.2, 0.25) is 0 Å². The van der Waals surface area contributed by atoms with E-state index >= 15 is 0 Å². The van der Waals surface area contributed by atoms with Gasteiger partial charge in [-0.3, -0.25) is 0 Å². The Morgan fingerprint density at radius 2 is 2.33 bits per heavy atom. The van der Waals surface area contributed by atoms with Crippen molar-refractivity contribution < 1.29 is 9.53 Å². The lowest BCUT2D eigenvalue weighted by Crippen LogP contribution is -2.27. The van der Waals surface area contributed by atoms with E-state index in [-0.39, 0.29) is 5.92 Å². The topological polar surface area (TPSA) is 38.3 Å². The van der Waals surface area contributed by atoms with E-state index in [1.165, 1.54) is 7.11 Å². The highest BCUT2D eigenvalue weighted by Gasteiger charge is 2.07. The van der Waals surface area contributed by atoms with Gasteiger partial charge >= 0.3 is 6.09 Å². The molecule has 0 saturated heterocycles. The molecule has 82 valence electrons. The first kappa shape index (κ1) is 11.9. The van der Waals surface area contributed by atoms with Gasteiger partial charge in [0.05, 0.1) is 7.11 Å². The highest BCUT2D eigenvalue weighted by molar-refractivity contribution is 6.30. The zero-order valence-corrected chi connectivity index (χ0v) is 9.54. The molecule has 0 spiro atoms. The van der Waals surface area contributed by atoms with Gasteiger partial charge in [-0.15, -0.1) is 0 Å². The SMILES string of the molecule is COC(=O)NCC(C)c1cccc(Cl)c1. The number of carbonyl (C=O) groups is 1. The van der Waals surface area contributed by atoms with Crippen molar-refractivity contribution in [2.75, 3.05) is 13.7 Å². The number of amides is 1. The summed E-state index contributed by atoms with van der Waals surface area (Å²) >= 11 is 5.87. The fourth-order valence-corrected chi connectivity index (χ4v) is 1.44. The van der Waals surface area contributed by atoms with Crippen LogP contribution in [0.15, 0.2) is 24.3 Å². The lowest BCUT2D eigenvalue weighted by atomic mass is 10.0. The molecule has 3 nitrogen and oxygen atoms in total. The maximum atomic E-state index is 10.9. The minimum Gasteiger partial charge on any atom is -0.453 e. The largest absolute Gasteiger partial charge is 0.453 e. The van der Waals surface area contributed by atoms with Crippen molar-refractivity contribution in [3.8, 4) is 0 Å². The van der Waals surface area contributed by atoms with Gasteiger partial charge in [0, 0.05) is 11.6 Å². The number of hydrogen-bond donors (Lipinski definition) is 1. The zero-order chi connectivity index (χ0) is 11.3. The first-order chi connectivity index (χ1) is 7.13. The lowest BCUT2D eigenvalue weighted by Gasteiger charge is -2.12. The molecule has 4 heteroatoms. The number of halogens is 1. The second kappa shape index (κ2) is 5.61. The molecule has 1 atom stereocenters. The monoisotopic (exact) mass is 227 g/mol. The molecule has 1 amide bonds. The van der Waals surface area contributed by atoms with Crippen molar-refractivity contribution in [3.05, 3.63) is 34.9 Å². The third-order valence-corrected chi connectivity index (χ3v) is 2.39. The van der Waals surface area contributed by atoms with Gasteiger partial charge in [-0.05, 0) is 23.6 Å². The van der Waals surface area contributed by atoms with E-state index in [4.69, 9.17) is 11.6 Å². The zero-order valence-electron chi connectivity index (χ0n) is 8.79. The maximum Gasteiger partial charge on any atom is 0.406 e. The van der Waals surface area contributed by atoms with Gasteiger partial charge in [-0.1, -0.05) is 30.7 Å². The Morgan fingerprint density at radius 1 is 1.60 bits per heavy atom. The highest BCUT2D eigenvalue weighted by Crippen LogP contribution is 2.18. The van der Waals surface area contributed by atoms with Crippen LogP contribution >= 0.6 is 11.6 Å². The number of methoxy groups -OCH3 is 1. The minimum absolute atomic E-state index is 0.211. The maximum absolute atomic E-state index is 10.9. The van der Waals surface area contributed by atoms with Crippen LogP contribution in [0.25, 0.3) is 0 Å². The van der Waals surface area contributed by atoms with E-state index in [1.54, 1.807) is 0 Å². The van der Waals surface area contributed by atoms with Gasteiger partial charge in [-0.25, -0.2) is 4.79 Å². The molecule has 0 aliphatic carbocycles. The van der Waals surface area contributed by atoms with Gasteiger partial charge in [0.15, 0.2) is 0 Å². The molecule has 1 unspecified atom stereocenters. The Hall–Kier alpha value is -1.22. The van der Waals surface area contributed by atoms with E-state index in [9.17, 15) is 4.79 Å². The van der Waals surface area contributed by atoms with Crippen LogP contribution in [0.3, 0.4) is 0 Å². The predicted molar refractivity (Wildman–Crippen MR) is 60.3 cm³/mol. The van der Waals surface area contributed by atoms with Crippen LogP contribution in [0.4, 0.5) is 4.79 Å². The summed E-state index contributed by atoms with van der Waals surface area (Å²) in [5.41, 5.74) is 1.10. The normalized spacial score (nSPS) is 11.9. The molecule has 0 heterocycles. The molecule has 0 aromatic heterocycles. The Kier molecular flexibility index (Phi) is 4.43. The fraction of sp³-hybridized carbons (Fsp3) is 0.364. The van der Waals surface area contributed by atoms with Crippen molar-refractivity contribution in [2.24, 2.45) is 0 Å². The molecular formula is C11H14ClNO2. The van der Waals surface area contributed by atoms with Gasteiger partial charge in [0.25, 0.3) is 0 Å². The van der Waals surface area contributed by atoms with Crippen molar-refractivity contribution in [1.82, 2.24) is 5.32 Å². The fourth-order valence-electron chi connectivity index (χ4n) is 1.24. The number of alkyl carbamates (subject to hydrolysis) is 1. The predicted octanol–water partition coefficient (Wildman–Crippen LogP) is 2.80. The number of carbonyl (C=O) groups excluding carboxylic acids is 1. The summed E-state index contributed by atoms with van der Waals surface area (Å²) in [4.78, 5) is 10.9. The summed E-state index contributed by atoms with van der Waals surface area (Å²) in [6.45, 7) is 2.55. The number of nitrogens with one attached hydrogen (secondary N) is 1. The van der Waals surface area contributed by atoms with Crippen molar-refractivity contribution in [3.63, 3.8) is 0 Å². The average Bonchev–Trinajstić information content (AvgIpc) is 2.25. The molecule has 0 radical (unpaired) electrons. The van der Waals surface area contributed by atoms with E-state index in [2.05, 4.69) is 10.1 Å². The van der Waals surface area contributed by atoms with Crippen LogP contribution in [0.1, 0.15) is 18.4 Å². The lowest BCUT2D eigenvalue weighted by molar-refractivity contribution is 0.170. The molecule has 0 bridgehead atoms. The summed E-state index contributed by atoms with van der Waals surface area (Å²) in [5, 5.41) is 3.35. The number of benzene rings is 1. The minimum atomic E-state index is -0.413. The van der Waals surface area contributed by atoms with Crippen LogP contribution in [-0.2, 0) is 4.74 Å². The van der Waals surface area contributed by atoms with E-state index < -0.39 is 6.09 Å². The van der Waals surface area contributed by atoms with Crippen LogP contribution < -0.4 is 5.32 Å². The van der Waals surface area contributed by atoms with Crippen LogP contribution in [0.2, 0.25) is 5.02 Å². The first-order valence-corrected chi connectivity index (χ1v) is 5.08. The molecule has 0 aliphatic rings. The Morgan fingerprint density at radius 3 is 2.93 bits per heavy atom. The quantitative estimate of drug-likeness (QED) is 0.863. The standard InChI is InChI=1S/C11H14ClNO2/c1-8(7-13-11(14)15-2)9-4-3-5-10(12)6-9/h3-6,8H,7H2,1-2H3,(H,13,14). The molecule has 0 fully saturated rings. The molecule has 1 aromatic rings. The highest BCUT2D eigenvalue weighted by atomic mass is 35.5. The number of hydrogen-bond acceptors (Lipinski definition) is 2. The van der Waals surface area contributed by atoms with E-state index in [0.717, 1.165) is 5.56 Å². The summed E-state index contributed by atoms with van der Waals surface area (Å²) in [6, 6.07) is 7.60.